The van der Waals surface area contributed by atoms with Gasteiger partial charge in [0.2, 0.25) is 0 Å². The van der Waals surface area contributed by atoms with E-state index >= 15 is 0 Å². The van der Waals surface area contributed by atoms with Crippen LogP contribution in [-0.2, 0) is 6.54 Å². The molecule has 25 heavy (non-hydrogen) atoms. The summed E-state index contributed by atoms with van der Waals surface area (Å²) in [5.74, 6) is 0.926. The fourth-order valence-corrected chi connectivity index (χ4v) is 4.36. The first kappa shape index (κ1) is 16.0. The molecule has 128 valence electrons. The normalized spacial score (nSPS) is 14.2. The summed E-state index contributed by atoms with van der Waals surface area (Å²) >= 11 is 1.45. The number of anilines is 1. The highest BCUT2D eigenvalue weighted by molar-refractivity contribution is 7.20. The zero-order valence-corrected chi connectivity index (χ0v) is 15.0. The molecule has 0 aliphatic carbocycles. The van der Waals surface area contributed by atoms with Crippen molar-refractivity contribution in [2.24, 2.45) is 0 Å². The van der Waals surface area contributed by atoms with Gasteiger partial charge in [-0.3, -0.25) is 4.79 Å². The Bertz CT molecular complexity index is 900. The Morgan fingerprint density at radius 3 is 2.72 bits per heavy atom. The molecule has 1 aromatic carbocycles. The molecule has 1 N–H and O–H groups in total. The highest BCUT2D eigenvalue weighted by Gasteiger charge is 2.23. The third-order valence-corrected chi connectivity index (χ3v) is 5.81. The highest BCUT2D eigenvalue weighted by atomic mass is 32.1. The Morgan fingerprint density at radius 1 is 1.20 bits per heavy atom. The van der Waals surface area contributed by atoms with E-state index in [1.165, 1.54) is 24.2 Å². The van der Waals surface area contributed by atoms with Crippen LogP contribution in [0.3, 0.4) is 0 Å². The van der Waals surface area contributed by atoms with Crippen LogP contribution in [0.5, 0.6) is 0 Å². The lowest BCUT2D eigenvalue weighted by Gasteiger charge is -2.17. The molecular formula is C19H20N4OS. The van der Waals surface area contributed by atoms with Crippen molar-refractivity contribution in [2.75, 3.05) is 18.0 Å². The Hall–Kier alpha value is -2.47. The maximum Gasteiger partial charge on any atom is 0.261 e. The smallest absolute Gasteiger partial charge is 0.261 e. The molecule has 3 heterocycles. The molecule has 0 radical (unpaired) electrons. The van der Waals surface area contributed by atoms with E-state index in [2.05, 4.69) is 20.2 Å². The molecule has 0 spiro atoms. The van der Waals surface area contributed by atoms with E-state index in [0.717, 1.165) is 45.1 Å². The van der Waals surface area contributed by atoms with Gasteiger partial charge in [-0.15, -0.1) is 11.3 Å². The lowest BCUT2D eigenvalue weighted by molar-refractivity contribution is 0.0954. The molecule has 2 aromatic heterocycles. The lowest BCUT2D eigenvalue weighted by Crippen LogP contribution is -2.22. The van der Waals surface area contributed by atoms with Crippen molar-refractivity contribution >= 4 is 33.3 Å². The predicted octanol–water partition coefficient (Wildman–Crippen LogP) is 3.53. The minimum atomic E-state index is -0.0447. The first-order valence-corrected chi connectivity index (χ1v) is 9.37. The number of hydrogen-bond donors (Lipinski definition) is 1. The van der Waals surface area contributed by atoms with Gasteiger partial charge in [0.1, 0.15) is 17.0 Å². The van der Waals surface area contributed by atoms with E-state index in [1.54, 1.807) is 6.33 Å². The first-order chi connectivity index (χ1) is 12.2. The van der Waals surface area contributed by atoms with Gasteiger partial charge in [0.25, 0.3) is 5.91 Å². The summed E-state index contributed by atoms with van der Waals surface area (Å²) in [6, 6.07) is 9.94. The zero-order chi connectivity index (χ0) is 17.2. The standard InChI is InChI=1S/C19H20N4OS/c1-13-15-17(23-9-5-6-10-23)21-12-22-19(15)25-16(13)18(24)20-11-14-7-3-2-4-8-14/h2-4,7-8,12H,5-6,9-11H2,1H3,(H,20,24). The number of carbonyl (C=O) groups excluding carboxylic acids is 1. The summed E-state index contributed by atoms with van der Waals surface area (Å²) in [5, 5.41) is 4.04. The molecule has 0 atom stereocenters. The molecule has 1 amide bonds. The van der Waals surface area contributed by atoms with E-state index in [1.807, 2.05) is 37.3 Å². The maximum absolute atomic E-state index is 12.7. The average molecular weight is 352 g/mol. The SMILES string of the molecule is Cc1c(C(=O)NCc2ccccc2)sc2ncnc(N3CCCC3)c12. The van der Waals surface area contributed by atoms with Gasteiger partial charge in [0.15, 0.2) is 0 Å². The van der Waals surface area contributed by atoms with Crippen LogP contribution < -0.4 is 10.2 Å². The fraction of sp³-hybridized carbons (Fsp3) is 0.316. The average Bonchev–Trinajstić information content (AvgIpc) is 3.29. The number of aromatic nitrogens is 2. The van der Waals surface area contributed by atoms with Gasteiger partial charge >= 0.3 is 0 Å². The van der Waals surface area contributed by atoms with Gasteiger partial charge in [-0.05, 0) is 30.9 Å². The molecule has 1 aliphatic heterocycles. The number of aryl methyl sites for hydroxylation is 1. The van der Waals surface area contributed by atoms with E-state index in [4.69, 9.17) is 0 Å². The number of carbonyl (C=O) groups is 1. The number of thiophene rings is 1. The summed E-state index contributed by atoms with van der Waals surface area (Å²) < 4.78 is 0. The van der Waals surface area contributed by atoms with Crippen LogP contribution in [0.1, 0.15) is 33.6 Å². The summed E-state index contributed by atoms with van der Waals surface area (Å²) in [6.45, 7) is 4.57. The second-order valence-corrected chi connectivity index (χ2v) is 7.30. The van der Waals surface area contributed by atoms with Crippen molar-refractivity contribution in [2.45, 2.75) is 26.3 Å². The molecule has 1 aliphatic rings. The molecule has 0 unspecified atom stereocenters. The van der Waals surface area contributed by atoms with Crippen LogP contribution in [0.4, 0.5) is 5.82 Å². The predicted molar refractivity (Wildman–Crippen MR) is 101 cm³/mol. The molecule has 5 nitrogen and oxygen atoms in total. The molecule has 0 saturated carbocycles. The molecule has 4 rings (SSSR count). The second-order valence-electron chi connectivity index (χ2n) is 6.30. The Kier molecular flexibility index (Phi) is 4.36. The van der Waals surface area contributed by atoms with Crippen molar-refractivity contribution in [3.8, 4) is 0 Å². The second kappa shape index (κ2) is 6.80. The summed E-state index contributed by atoms with van der Waals surface area (Å²) in [4.78, 5) is 25.5. The third kappa shape index (κ3) is 3.09. The van der Waals surface area contributed by atoms with Gasteiger partial charge in [0, 0.05) is 19.6 Å². The topological polar surface area (TPSA) is 58.1 Å². The number of fused-ring (bicyclic) bond motifs is 1. The van der Waals surface area contributed by atoms with Gasteiger partial charge < -0.3 is 10.2 Å². The van der Waals surface area contributed by atoms with Gasteiger partial charge in [0.05, 0.1) is 10.3 Å². The summed E-state index contributed by atoms with van der Waals surface area (Å²) in [7, 11) is 0. The van der Waals surface area contributed by atoms with Crippen molar-refractivity contribution in [3.05, 3.63) is 52.7 Å². The van der Waals surface area contributed by atoms with Crippen molar-refractivity contribution in [1.82, 2.24) is 15.3 Å². The van der Waals surface area contributed by atoms with Crippen LogP contribution in [0.25, 0.3) is 10.2 Å². The van der Waals surface area contributed by atoms with Crippen LogP contribution in [0.2, 0.25) is 0 Å². The molecule has 0 bridgehead atoms. The zero-order valence-electron chi connectivity index (χ0n) is 14.2. The van der Waals surface area contributed by atoms with Gasteiger partial charge in [-0.2, -0.15) is 0 Å². The number of benzene rings is 1. The van der Waals surface area contributed by atoms with E-state index in [9.17, 15) is 4.79 Å². The molecular weight excluding hydrogens is 332 g/mol. The Labute approximate surface area is 150 Å². The number of rotatable bonds is 4. The summed E-state index contributed by atoms with van der Waals surface area (Å²) in [5.41, 5.74) is 2.07. The molecule has 1 fully saturated rings. The highest BCUT2D eigenvalue weighted by Crippen LogP contribution is 2.35. The van der Waals surface area contributed by atoms with E-state index < -0.39 is 0 Å². The minimum absolute atomic E-state index is 0.0447. The monoisotopic (exact) mass is 352 g/mol. The quantitative estimate of drug-likeness (QED) is 0.780. The van der Waals surface area contributed by atoms with Crippen LogP contribution in [0, 0.1) is 6.92 Å². The van der Waals surface area contributed by atoms with E-state index in [-0.39, 0.29) is 5.91 Å². The lowest BCUT2D eigenvalue weighted by atomic mass is 10.2. The van der Waals surface area contributed by atoms with E-state index in [0.29, 0.717) is 6.54 Å². The molecule has 1 saturated heterocycles. The number of nitrogens with zero attached hydrogens (tertiary/aromatic N) is 3. The molecule has 6 heteroatoms. The van der Waals surface area contributed by atoms with Gasteiger partial charge in [-0.1, -0.05) is 30.3 Å². The third-order valence-electron chi connectivity index (χ3n) is 4.61. The largest absolute Gasteiger partial charge is 0.356 e. The van der Waals surface area contributed by atoms with Crippen molar-refractivity contribution < 1.29 is 4.79 Å². The van der Waals surface area contributed by atoms with Crippen LogP contribution in [0.15, 0.2) is 36.7 Å². The van der Waals surface area contributed by atoms with Gasteiger partial charge in [-0.25, -0.2) is 9.97 Å². The minimum Gasteiger partial charge on any atom is -0.356 e. The van der Waals surface area contributed by atoms with Crippen molar-refractivity contribution in [3.63, 3.8) is 0 Å². The Morgan fingerprint density at radius 2 is 1.96 bits per heavy atom. The van der Waals surface area contributed by atoms with Crippen LogP contribution >= 0.6 is 11.3 Å². The Balaban J connectivity index is 1.62. The summed E-state index contributed by atoms with van der Waals surface area (Å²) in [6.07, 6.45) is 4.00. The number of nitrogens with one attached hydrogen (secondary N) is 1. The number of hydrogen-bond acceptors (Lipinski definition) is 5. The number of amides is 1. The van der Waals surface area contributed by atoms with Crippen molar-refractivity contribution in [1.29, 1.82) is 0 Å². The van der Waals surface area contributed by atoms with Crippen LogP contribution in [-0.4, -0.2) is 29.0 Å². The maximum atomic E-state index is 12.7. The first-order valence-electron chi connectivity index (χ1n) is 8.55. The fourth-order valence-electron chi connectivity index (χ4n) is 3.30. The molecule has 3 aromatic rings.